The third-order valence-corrected chi connectivity index (χ3v) is 2.43. The minimum Gasteiger partial charge on any atom is -0.0871 e. The van der Waals surface area contributed by atoms with Crippen LogP contribution in [0.15, 0.2) is 28.7 Å². The van der Waals surface area contributed by atoms with Gasteiger partial charge in [-0.1, -0.05) is 40.2 Å². The van der Waals surface area contributed by atoms with Gasteiger partial charge in [-0.2, -0.15) is 0 Å². The lowest BCUT2D eigenvalue weighted by molar-refractivity contribution is 1.42. The van der Waals surface area contributed by atoms with Crippen LogP contribution in [0.5, 0.6) is 0 Å². The molecule has 0 bridgehead atoms. The number of allylic oxidation sites excluding steroid dienone is 1. The number of halogens is 1. The van der Waals surface area contributed by atoms with Crippen molar-refractivity contribution in [1.29, 1.82) is 0 Å². The number of hydrogen-bond donors (Lipinski definition) is 0. The summed E-state index contributed by atoms with van der Waals surface area (Å²) in [5.41, 5.74) is 2.54. The van der Waals surface area contributed by atoms with Crippen LogP contribution in [0.2, 0.25) is 0 Å². The zero-order chi connectivity index (χ0) is 8.27. The van der Waals surface area contributed by atoms with Crippen LogP contribution >= 0.6 is 15.9 Å². The fraction of sp³-hybridized carbons (Fsp3) is 0.200. The molecule has 0 nitrogen and oxygen atoms in total. The Hall–Kier alpha value is -0.560. The molecule has 0 saturated carbocycles. The minimum atomic E-state index is 1.17. The van der Waals surface area contributed by atoms with Crippen molar-refractivity contribution in [2.75, 3.05) is 0 Å². The lowest BCUT2D eigenvalue weighted by Gasteiger charge is -1.98. The van der Waals surface area contributed by atoms with Crippen molar-refractivity contribution in [2.45, 2.75) is 13.8 Å². The molecule has 0 aliphatic rings. The van der Waals surface area contributed by atoms with Crippen molar-refractivity contribution < 1.29 is 0 Å². The average Bonchev–Trinajstić information content (AvgIpc) is 1.98. The van der Waals surface area contributed by atoms with Crippen LogP contribution in [-0.4, -0.2) is 0 Å². The first kappa shape index (κ1) is 8.54. The van der Waals surface area contributed by atoms with Crippen LogP contribution in [0.3, 0.4) is 0 Å². The zero-order valence-corrected chi connectivity index (χ0v) is 8.35. The Morgan fingerprint density at radius 1 is 1.36 bits per heavy atom. The van der Waals surface area contributed by atoms with Gasteiger partial charge in [0, 0.05) is 4.47 Å². The van der Waals surface area contributed by atoms with Gasteiger partial charge >= 0.3 is 0 Å². The normalized spacial score (nSPS) is 10.8. The molecule has 0 aliphatic heterocycles. The Labute approximate surface area is 76.1 Å². The van der Waals surface area contributed by atoms with Gasteiger partial charge in [-0.3, -0.25) is 0 Å². The standard InChI is InChI=1S/C10H11Br/c1-3-4-9-5-6-10(11)8(2)7-9/h3-7H,1-2H3/b4-3-. The van der Waals surface area contributed by atoms with Crippen molar-refractivity contribution in [3.05, 3.63) is 39.9 Å². The maximum atomic E-state index is 3.46. The molecule has 1 rings (SSSR count). The number of benzene rings is 1. The molecule has 0 saturated heterocycles. The van der Waals surface area contributed by atoms with E-state index in [0.717, 1.165) is 0 Å². The van der Waals surface area contributed by atoms with Crippen LogP contribution < -0.4 is 0 Å². The van der Waals surface area contributed by atoms with Crippen LogP contribution in [0.25, 0.3) is 6.08 Å². The van der Waals surface area contributed by atoms with E-state index in [9.17, 15) is 0 Å². The predicted octanol–water partition coefficient (Wildman–Crippen LogP) is 3.79. The van der Waals surface area contributed by atoms with Crippen LogP contribution in [-0.2, 0) is 0 Å². The molecule has 0 unspecified atom stereocenters. The van der Waals surface area contributed by atoms with Gasteiger partial charge in [-0.15, -0.1) is 0 Å². The second kappa shape index (κ2) is 3.72. The summed E-state index contributed by atoms with van der Waals surface area (Å²) in [6.07, 6.45) is 4.14. The molecule has 0 N–H and O–H groups in total. The summed E-state index contributed by atoms with van der Waals surface area (Å²) >= 11 is 3.46. The molecular weight excluding hydrogens is 200 g/mol. The summed E-state index contributed by atoms with van der Waals surface area (Å²) < 4.78 is 1.17. The zero-order valence-electron chi connectivity index (χ0n) is 6.76. The first-order valence-corrected chi connectivity index (χ1v) is 4.42. The van der Waals surface area contributed by atoms with E-state index in [2.05, 4.69) is 47.1 Å². The Morgan fingerprint density at radius 3 is 2.64 bits per heavy atom. The van der Waals surface area contributed by atoms with E-state index < -0.39 is 0 Å². The maximum Gasteiger partial charge on any atom is 0.0204 e. The Kier molecular flexibility index (Phi) is 2.89. The van der Waals surface area contributed by atoms with Crippen molar-refractivity contribution >= 4 is 22.0 Å². The topological polar surface area (TPSA) is 0 Å². The van der Waals surface area contributed by atoms with E-state index in [1.54, 1.807) is 0 Å². The van der Waals surface area contributed by atoms with Gasteiger partial charge in [0.15, 0.2) is 0 Å². The highest BCUT2D eigenvalue weighted by molar-refractivity contribution is 9.10. The predicted molar refractivity (Wildman–Crippen MR) is 53.6 cm³/mol. The number of rotatable bonds is 1. The van der Waals surface area contributed by atoms with Gasteiger partial charge < -0.3 is 0 Å². The summed E-state index contributed by atoms with van der Waals surface area (Å²) in [6.45, 7) is 4.12. The molecule has 0 spiro atoms. The van der Waals surface area contributed by atoms with Gasteiger partial charge in [0.05, 0.1) is 0 Å². The maximum absolute atomic E-state index is 3.46. The van der Waals surface area contributed by atoms with E-state index in [1.165, 1.54) is 15.6 Å². The summed E-state index contributed by atoms with van der Waals surface area (Å²) in [5, 5.41) is 0. The number of aryl methyl sites for hydroxylation is 1. The molecule has 0 aromatic heterocycles. The minimum absolute atomic E-state index is 1.17. The highest BCUT2D eigenvalue weighted by Gasteiger charge is 1.92. The summed E-state index contributed by atoms with van der Waals surface area (Å²) in [5.74, 6) is 0. The molecule has 0 atom stereocenters. The van der Waals surface area contributed by atoms with E-state index in [0.29, 0.717) is 0 Å². The Morgan fingerprint density at radius 2 is 2.09 bits per heavy atom. The van der Waals surface area contributed by atoms with Crippen molar-refractivity contribution in [3.8, 4) is 0 Å². The third kappa shape index (κ3) is 2.19. The Balaban J connectivity index is 3.05. The highest BCUT2D eigenvalue weighted by Crippen LogP contribution is 2.17. The molecule has 0 aliphatic carbocycles. The summed E-state index contributed by atoms with van der Waals surface area (Å²) in [7, 11) is 0. The van der Waals surface area contributed by atoms with Gasteiger partial charge in [-0.05, 0) is 31.0 Å². The average molecular weight is 211 g/mol. The molecule has 0 amide bonds. The molecule has 1 aromatic carbocycles. The van der Waals surface area contributed by atoms with E-state index in [1.807, 2.05) is 13.0 Å². The van der Waals surface area contributed by atoms with Gasteiger partial charge in [0.2, 0.25) is 0 Å². The largest absolute Gasteiger partial charge is 0.0871 e. The molecule has 1 aromatic rings. The fourth-order valence-corrected chi connectivity index (χ4v) is 1.21. The van der Waals surface area contributed by atoms with Crippen molar-refractivity contribution in [2.24, 2.45) is 0 Å². The monoisotopic (exact) mass is 210 g/mol. The third-order valence-electron chi connectivity index (χ3n) is 1.54. The van der Waals surface area contributed by atoms with Crippen molar-refractivity contribution in [1.82, 2.24) is 0 Å². The highest BCUT2D eigenvalue weighted by atomic mass is 79.9. The molecule has 1 heteroatoms. The molecule has 0 radical (unpaired) electrons. The van der Waals surface area contributed by atoms with E-state index >= 15 is 0 Å². The first-order chi connectivity index (χ1) is 5.24. The lowest BCUT2D eigenvalue weighted by Crippen LogP contribution is -1.76. The fourth-order valence-electron chi connectivity index (χ4n) is 0.964. The molecule has 11 heavy (non-hydrogen) atoms. The summed E-state index contributed by atoms with van der Waals surface area (Å²) in [6, 6.07) is 6.33. The molecule has 0 heterocycles. The van der Waals surface area contributed by atoms with Crippen LogP contribution in [0, 0.1) is 6.92 Å². The van der Waals surface area contributed by atoms with Crippen LogP contribution in [0.1, 0.15) is 18.1 Å². The van der Waals surface area contributed by atoms with Gasteiger partial charge in [-0.25, -0.2) is 0 Å². The Bertz CT molecular complexity index is 274. The van der Waals surface area contributed by atoms with E-state index in [4.69, 9.17) is 0 Å². The first-order valence-electron chi connectivity index (χ1n) is 3.63. The quantitative estimate of drug-likeness (QED) is 0.662. The van der Waals surface area contributed by atoms with E-state index in [-0.39, 0.29) is 0 Å². The number of hydrogen-bond acceptors (Lipinski definition) is 0. The molecule has 0 fully saturated rings. The second-order valence-electron chi connectivity index (χ2n) is 2.51. The van der Waals surface area contributed by atoms with Gasteiger partial charge in [0.1, 0.15) is 0 Å². The second-order valence-corrected chi connectivity index (χ2v) is 3.36. The molecular formula is C10H11Br. The van der Waals surface area contributed by atoms with Crippen LogP contribution in [0.4, 0.5) is 0 Å². The smallest absolute Gasteiger partial charge is 0.0204 e. The molecule has 58 valence electrons. The summed E-state index contributed by atoms with van der Waals surface area (Å²) in [4.78, 5) is 0. The lowest BCUT2D eigenvalue weighted by atomic mass is 10.1. The SMILES string of the molecule is C/C=C\c1ccc(Br)c(C)c1. The van der Waals surface area contributed by atoms with Gasteiger partial charge in [0.25, 0.3) is 0 Å². The van der Waals surface area contributed by atoms with Crippen molar-refractivity contribution in [3.63, 3.8) is 0 Å².